The highest BCUT2D eigenvalue weighted by atomic mass is 32.2. The number of nitrogens with zero attached hydrogens (tertiary/aromatic N) is 3. The van der Waals surface area contributed by atoms with Gasteiger partial charge in [0.2, 0.25) is 0 Å². The Hall–Kier alpha value is -2.47. The van der Waals surface area contributed by atoms with E-state index in [2.05, 4.69) is 9.98 Å². The molecule has 2 aliphatic rings. The third-order valence-corrected chi connectivity index (χ3v) is 4.95. The average molecular weight is 339 g/mol. The zero-order valence-corrected chi connectivity index (χ0v) is 13.8. The van der Waals surface area contributed by atoms with Gasteiger partial charge in [0, 0.05) is 11.3 Å². The Labute approximate surface area is 143 Å². The van der Waals surface area contributed by atoms with E-state index in [1.165, 1.54) is 23.9 Å². The number of halogens is 1. The van der Waals surface area contributed by atoms with Gasteiger partial charge in [-0.2, -0.15) is 0 Å². The second-order valence-corrected chi connectivity index (χ2v) is 6.57. The lowest BCUT2D eigenvalue weighted by Gasteiger charge is -2.25. The van der Waals surface area contributed by atoms with Gasteiger partial charge in [0.25, 0.3) is 5.91 Å². The number of aliphatic imine (C=N–C) groups is 2. The molecule has 1 amide bonds. The van der Waals surface area contributed by atoms with Crippen LogP contribution in [0.3, 0.4) is 0 Å². The summed E-state index contributed by atoms with van der Waals surface area (Å²) >= 11 is 1.45. The van der Waals surface area contributed by atoms with Crippen LogP contribution in [0.2, 0.25) is 0 Å². The van der Waals surface area contributed by atoms with E-state index in [1.54, 1.807) is 24.0 Å². The summed E-state index contributed by atoms with van der Waals surface area (Å²) in [7, 11) is 0. The molecule has 0 N–H and O–H groups in total. The van der Waals surface area contributed by atoms with Gasteiger partial charge in [-0.3, -0.25) is 9.79 Å². The van der Waals surface area contributed by atoms with Crippen molar-refractivity contribution in [3.63, 3.8) is 0 Å². The molecule has 0 bridgehead atoms. The van der Waals surface area contributed by atoms with Gasteiger partial charge in [0.05, 0.1) is 5.69 Å². The molecule has 4 rings (SSSR count). The van der Waals surface area contributed by atoms with Crippen LogP contribution in [0.1, 0.15) is 18.1 Å². The van der Waals surface area contributed by atoms with Crippen molar-refractivity contribution in [2.75, 3.05) is 0 Å². The van der Waals surface area contributed by atoms with Crippen LogP contribution in [0, 0.1) is 5.82 Å². The number of benzene rings is 2. The second kappa shape index (κ2) is 5.87. The minimum atomic E-state index is -0.400. The number of fused-ring (bicyclic) bond motifs is 3. The normalized spacial score (nSPS) is 18.8. The number of thioether (sulfide) groups is 1. The van der Waals surface area contributed by atoms with E-state index in [0.29, 0.717) is 16.8 Å². The minimum Gasteiger partial charge on any atom is -0.272 e. The zero-order valence-electron chi connectivity index (χ0n) is 12.9. The standard InChI is InChI=1S/C18H14FN3OS/c1-11-17(23)22-16(20-11)14-4-2-3-5-15(14)21-18(22)24-10-12-6-8-13(19)9-7-12/h2-9,11H,10H2,1H3/t11-/m1/s1. The molecule has 0 aliphatic carbocycles. The molecular weight excluding hydrogens is 325 g/mol. The Morgan fingerprint density at radius 3 is 2.71 bits per heavy atom. The lowest BCUT2D eigenvalue weighted by Crippen LogP contribution is -2.40. The third kappa shape index (κ3) is 2.53. The highest BCUT2D eigenvalue weighted by molar-refractivity contribution is 8.13. The molecule has 0 radical (unpaired) electrons. The highest BCUT2D eigenvalue weighted by Gasteiger charge is 2.39. The van der Waals surface area contributed by atoms with Crippen LogP contribution in [-0.2, 0) is 10.5 Å². The first-order valence-electron chi connectivity index (χ1n) is 7.60. The Bertz CT molecular complexity index is 876. The summed E-state index contributed by atoms with van der Waals surface area (Å²) in [5.74, 6) is 0.947. The van der Waals surface area contributed by atoms with Crippen molar-refractivity contribution in [2.24, 2.45) is 9.98 Å². The van der Waals surface area contributed by atoms with Crippen LogP contribution in [0.4, 0.5) is 10.1 Å². The van der Waals surface area contributed by atoms with Crippen molar-refractivity contribution >= 4 is 34.4 Å². The van der Waals surface area contributed by atoms with Crippen molar-refractivity contribution in [2.45, 2.75) is 18.7 Å². The largest absolute Gasteiger partial charge is 0.272 e. The van der Waals surface area contributed by atoms with Crippen molar-refractivity contribution < 1.29 is 9.18 Å². The molecule has 0 spiro atoms. The quantitative estimate of drug-likeness (QED) is 0.837. The van der Waals surface area contributed by atoms with Gasteiger partial charge in [-0.15, -0.1) is 0 Å². The smallest absolute Gasteiger partial charge is 0.258 e. The molecule has 0 unspecified atom stereocenters. The van der Waals surface area contributed by atoms with Crippen molar-refractivity contribution in [1.82, 2.24) is 4.90 Å². The SMILES string of the molecule is C[C@H]1N=C2c3ccccc3N=C(SCc3ccc(F)cc3)N2C1=O. The Kier molecular flexibility index (Phi) is 3.69. The first kappa shape index (κ1) is 15.1. The van der Waals surface area contributed by atoms with E-state index in [1.807, 2.05) is 24.3 Å². The van der Waals surface area contributed by atoms with Gasteiger partial charge in [-0.25, -0.2) is 14.3 Å². The summed E-state index contributed by atoms with van der Waals surface area (Å²) in [6.07, 6.45) is 0. The number of para-hydroxylation sites is 1. The molecule has 24 heavy (non-hydrogen) atoms. The predicted molar refractivity (Wildman–Crippen MR) is 94.1 cm³/mol. The maximum absolute atomic E-state index is 13.0. The van der Waals surface area contributed by atoms with Gasteiger partial charge in [-0.05, 0) is 36.8 Å². The summed E-state index contributed by atoms with van der Waals surface area (Å²) in [6.45, 7) is 1.79. The molecule has 0 saturated heterocycles. The van der Waals surface area contributed by atoms with Crippen LogP contribution in [-0.4, -0.2) is 27.9 Å². The van der Waals surface area contributed by atoms with Crippen LogP contribution in [0.15, 0.2) is 58.5 Å². The molecule has 4 nitrogen and oxygen atoms in total. The lowest BCUT2D eigenvalue weighted by atomic mass is 10.1. The number of rotatable bonds is 2. The Morgan fingerprint density at radius 1 is 1.17 bits per heavy atom. The summed E-state index contributed by atoms with van der Waals surface area (Å²) in [5, 5.41) is 0.617. The number of hydrogen-bond donors (Lipinski definition) is 0. The zero-order chi connectivity index (χ0) is 16.7. The Morgan fingerprint density at radius 2 is 1.92 bits per heavy atom. The first-order chi connectivity index (χ1) is 11.6. The molecule has 0 aromatic heterocycles. The van der Waals surface area contributed by atoms with Crippen molar-refractivity contribution in [3.05, 3.63) is 65.5 Å². The number of amidine groups is 2. The maximum atomic E-state index is 13.0. The molecule has 6 heteroatoms. The molecule has 2 aliphatic heterocycles. The number of carbonyl (C=O) groups is 1. The predicted octanol–water partition coefficient (Wildman–Crippen LogP) is 3.74. The van der Waals surface area contributed by atoms with E-state index < -0.39 is 6.04 Å². The molecule has 2 heterocycles. The summed E-state index contributed by atoms with van der Waals surface area (Å²) in [5.41, 5.74) is 2.67. The average Bonchev–Trinajstić information content (AvgIpc) is 2.90. The Balaban J connectivity index is 1.67. The van der Waals surface area contributed by atoms with Gasteiger partial charge < -0.3 is 0 Å². The van der Waals surface area contributed by atoms with E-state index in [0.717, 1.165) is 16.8 Å². The topological polar surface area (TPSA) is 45.0 Å². The van der Waals surface area contributed by atoms with Gasteiger partial charge in [0.15, 0.2) is 5.17 Å². The molecule has 1 atom stereocenters. The van der Waals surface area contributed by atoms with Gasteiger partial charge in [-0.1, -0.05) is 36.0 Å². The number of hydrogen-bond acceptors (Lipinski definition) is 4. The summed E-state index contributed by atoms with van der Waals surface area (Å²) in [6, 6.07) is 13.6. The van der Waals surface area contributed by atoms with E-state index in [4.69, 9.17) is 0 Å². The maximum Gasteiger partial charge on any atom is 0.258 e. The van der Waals surface area contributed by atoms with Crippen LogP contribution in [0.5, 0.6) is 0 Å². The van der Waals surface area contributed by atoms with Gasteiger partial charge in [0.1, 0.15) is 17.7 Å². The molecule has 2 aromatic rings. The van der Waals surface area contributed by atoms with Crippen molar-refractivity contribution in [3.8, 4) is 0 Å². The fourth-order valence-corrected chi connectivity index (χ4v) is 3.66. The van der Waals surface area contributed by atoms with E-state index in [9.17, 15) is 9.18 Å². The van der Waals surface area contributed by atoms with Crippen LogP contribution in [0.25, 0.3) is 0 Å². The van der Waals surface area contributed by atoms with Crippen LogP contribution < -0.4 is 0 Å². The third-order valence-electron chi connectivity index (χ3n) is 3.94. The highest BCUT2D eigenvalue weighted by Crippen LogP contribution is 2.34. The molecule has 0 saturated carbocycles. The molecular formula is C18H14FN3OS. The van der Waals surface area contributed by atoms with E-state index in [-0.39, 0.29) is 11.7 Å². The van der Waals surface area contributed by atoms with Gasteiger partial charge >= 0.3 is 0 Å². The van der Waals surface area contributed by atoms with Crippen LogP contribution >= 0.6 is 11.8 Å². The molecule has 0 fully saturated rings. The minimum absolute atomic E-state index is 0.0649. The fourth-order valence-electron chi connectivity index (χ4n) is 2.70. The fraction of sp³-hybridized carbons (Fsp3) is 0.167. The molecule has 2 aromatic carbocycles. The number of amides is 1. The molecule has 120 valence electrons. The second-order valence-electron chi connectivity index (χ2n) is 5.63. The lowest BCUT2D eigenvalue weighted by molar-refractivity contribution is -0.124. The van der Waals surface area contributed by atoms with Crippen molar-refractivity contribution in [1.29, 1.82) is 0 Å². The number of carbonyl (C=O) groups excluding carboxylic acids is 1. The monoisotopic (exact) mass is 339 g/mol. The summed E-state index contributed by atoms with van der Waals surface area (Å²) in [4.78, 5) is 23.2. The first-order valence-corrected chi connectivity index (χ1v) is 8.59. The summed E-state index contributed by atoms with van der Waals surface area (Å²) < 4.78 is 13.0. The van der Waals surface area contributed by atoms with E-state index >= 15 is 0 Å².